The number of amides is 2. The maximum Gasteiger partial charge on any atom is 0.266 e. The first-order chi connectivity index (χ1) is 12.8. The second-order valence-electron chi connectivity index (χ2n) is 6.25. The summed E-state index contributed by atoms with van der Waals surface area (Å²) in [5.41, 5.74) is 3.21. The van der Waals surface area contributed by atoms with Crippen LogP contribution in [0.1, 0.15) is 16.7 Å². The van der Waals surface area contributed by atoms with Gasteiger partial charge >= 0.3 is 0 Å². The predicted molar refractivity (Wildman–Crippen MR) is 113 cm³/mol. The minimum atomic E-state index is -0.427. The summed E-state index contributed by atoms with van der Waals surface area (Å²) in [5.74, 6) is -0.752. The highest BCUT2D eigenvalue weighted by Crippen LogP contribution is 2.32. The first-order valence-corrected chi connectivity index (χ1v) is 9.47. The van der Waals surface area contributed by atoms with Gasteiger partial charge in [0.05, 0.1) is 10.6 Å². The van der Waals surface area contributed by atoms with Gasteiger partial charge in [0.25, 0.3) is 5.91 Å². The van der Waals surface area contributed by atoms with Crippen LogP contribution in [-0.4, -0.2) is 32.7 Å². The molecule has 27 heavy (non-hydrogen) atoms. The second kappa shape index (κ2) is 7.94. The van der Waals surface area contributed by atoms with Gasteiger partial charge in [0.15, 0.2) is 0 Å². The van der Waals surface area contributed by atoms with Gasteiger partial charge in [-0.25, -0.2) is 0 Å². The Kier molecular flexibility index (Phi) is 5.62. The molecule has 2 aromatic rings. The number of hydrogen-bond donors (Lipinski definition) is 2. The standard InChI is InChI=1S/C20H18N2O3S2/c1-12-4-3-5-14(8-12)10-17-19(25)22(20(26)27-17)11-18(24)21-15-9-13(2)6-7-16(15)23/h3-10,23H,11H2,1-2H3,(H,21,24)/b17-10-. The van der Waals surface area contributed by atoms with Crippen molar-refractivity contribution in [3.8, 4) is 5.75 Å². The van der Waals surface area contributed by atoms with Gasteiger partial charge in [-0.05, 0) is 43.2 Å². The largest absolute Gasteiger partial charge is 0.506 e. The molecular weight excluding hydrogens is 380 g/mol. The van der Waals surface area contributed by atoms with Crippen molar-refractivity contribution in [1.82, 2.24) is 4.90 Å². The van der Waals surface area contributed by atoms with Gasteiger partial charge in [0, 0.05) is 0 Å². The summed E-state index contributed by atoms with van der Waals surface area (Å²) >= 11 is 6.44. The molecule has 0 bridgehead atoms. The maximum atomic E-state index is 12.6. The van der Waals surface area contributed by atoms with E-state index in [1.165, 1.54) is 22.7 Å². The minimum Gasteiger partial charge on any atom is -0.506 e. The van der Waals surface area contributed by atoms with Gasteiger partial charge in [-0.1, -0.05) is 59.9 Å². The normalized spacial score (nSPS) is 15.5. The maximum absolute atomic E-state index is 12.6. The number of aromatic hydroxyl groups is 1. The van der Waals surface area contributed by atoms with Gasteiger partial charge in [-0.15, -0.1) is 0 Å². The summed E-state index contributed by atoms with van der Waals surface area (Å²) in [4.78, 5) is 26.7. The highest BCUT2D eigenvalue weighted by atomic mass is 32.2. The quantitative estimate of drug-likeness (QED) is 0.465. The molecule has 2 aromatic carbocycles. The fourth-order valence-electron chi connectivity index (χ4n) is 2.63. The van der Waals surface area contributed by atoms with Crippen molar-refractivity contribution in [2.24, 2.45) is 0 Å². The fourth-order valence-corrected chi connectivity index (χ4v) is 3.89. The predicted octanol–water partition coefficient (Wildman–Crippen LogP) is 3.85. The molecule has 2 N–H and O–H groups in total. The van der Waals surface area contributed by atoms with Gasteiger partial charge in [0.1, 0.15) is 16.6 Å². The van der Waals surface area contributed by atoms with Crippen molar-refractivity contribution in [1.29, 1.82) is 0 Å². The molecule has 0 aromatic heterocycles. The lowest BCUT2D eigenvalue weighted by atomic mass is 10.1. The average molecular weight is 399 g/mol. The monoisotopic (exact) mass is 398 g/mol. The number of phenolic OH excluding ortho intramolecular Hbond substituents is 1. The van der Waals surface area contributed by atoms with E-state index in [4.69, 9.17) is 12.2 Å². The Hall–Kier alpha value is -2.64. The van der Waals surface area contributed by atoms with E-state index in [1.54, 1.807) is 18.2 Å². The van der Waals surface area contributed by atoms with Crippen molar-refractivity contribution in [2.75, 3.05) is 11.9 Å². The third-order valence-corrected chi connectivity index (χ3v) is 5.32. The lowest BCUT2D eigenvalue weighted by molar-refractivity contribution is -0.126. The third kappa shape index (κ3) is 4.56. The summed E-state index contributed by atoms with van der Waals surface area (Å²) in [6.45, 7) is 3.63. The zero-order valence-corrected chi connectivity index (χ0v) is 16.5. The number of thioether (sulfide) groups is 1. The van der Waals surface area contributed by atoms with Crippen LogP contribution in [0.5, 0.6) is 5.75 Å². The van der Waals surface area contributed by atoms with E-state index >= 15 is 0 Å². The van der Waals surface area contributed by atoms with E-state index in [9.17, 15) is 14.7 Å². The van der Waals surface area contributed by atoms with Crippen LogP contribution in [0.2, 0.25) is 0 Å². The molecule has 3 rings (SSSR count). The van der Waals surface area contributed by atoms with Crippen molar-refractivity contribution in [3.05, 3.63) is 64.1 Å². The topological polar surface area (TPSA) is 69.6 Å². The molecule has 0 aliphatic carbocycles. The molecule has 2 amide bonds. The molecule has 1 heterocycles. The molecule has 5 nitrogen and oxygen atoms in total. The van der Waals surface area contributed by atoms with E-state index < -0.39 is 5.91 Å². The highest BCUT2D eigenvalue weighted by molar-refractivity contribution is 8.26. The molecule has 138 valence electrons. The number of benzene rings is 2. The molecule has 0 radical (unpaired) electrons. The number of nitrogens with zero attached hydrogens (tertiary/aromatic N) is 1. The summed E-state index contributed by atoms with van der Waals surface area (Å²) in [5, 5.41) is 12.5. The number of carbonyl (C=O) groups excluding carboxylic acids is 2. The van der Waals surface area contributed by atoms with Crippen LogP contribution in [-0.2, 0) is 9.59 Å². The Morgan fingerprint density at radius 1 is 1.22 bits per heavy atom. The Labute approximate surface area is 167 Å². The van der Waals surface area contributed by atoms with Crippen LogP contribution in [0, 0.1) is 13.8 Å². The smallest absolute Gasteiger partial charge is 0.266 e. The van der Waals surface area contributed by atoms with E-state index in [0.717, 1.165) is 16.7 Å². The van der Waals surface area contributed by atoms with Crippen molar-refractivity contribution in [3.63, 3.8) is 0 Å². The zero-order chi connectivity index (χ0) is 19.6. The van der Waals surface area contributed by atoms with Crippen molar-refractivity contribution >= 4 is 51.9 Å². The number of rotatable bonds is 4. The SMILES string of the molecule is Cc1cccc(/C=C2\SC(=S)N(CC(=O)Nc3cc(C)ccc3O)C2=O)c1. The molecule has 0 spiro atoms. The van der Waals surface area contributed by atoms with Crippen molar-refractivity contribution in [2.45, 2.75) is 13.8 Å². The molecule has 1 saturated heterocycles. The molecule has 0 saturated carbocycles. The summed E-state index contributed by atoms with van der Waals surface area (Å²) in [6, 6.07) is 12.7. The fraction of sp³-hybridized carbons (Fsp3) is 0.150. The summed E-state index contributed by atoms with van der Waals surface area (Å²) < 4.78 is 0.336. The molecule has 1 aliphatic rings. The molecule has 0 atom stereocenters. The van der Waals surface area contributed by atoms with Crippen LogP contribution in [0.3, 0.4) is 0 Å². The van der Waals surface area contributed by atoms with Gasteiger partial charge in [0.2, 0.25) is 5.91 Å². The first kappa shape index (κ1) is 19.1. The van der Waals surface area contributed by atoms with Crippen LogP contribution in [0.25, 0.3) is 6.08 Å². The number of carbonyl (C=O) groups is 2. The lowest BCUT2D eigenvalue weighted by Gasteiger charge is -2.15. The average Bonchev–Trinajstić information content (AvgIpc) is 2.86. The molecule has 0 unspecified atom stereocenters. The number of anilines is 1. The zero-order valence-electron chi connectivity index (χ0n) is 14.9. The van der Waals surface area contributed by atoms with Crippen LogP contribution >= 0.6 is 24.0 Å². The Balaban J connectivity index is 1.72. The Morgan fingerprint density at radius 3 is 2.70 bits per heavy atom. The number of hydrogen-bond acceptors (Lipinski definition) is 5. The van der Waals surface area contributed by atoms with Crippen LogP contribution in [0.4, 0.5) is 5.69 Å². The second-order valence-corrected chi connectivity index (χ2v) is 7.93. The van der Waals surface area contributed by atoms with Crippen molar-refractivity contribution < 1.29 is 14.7 Å². The number of aryl methyl sites for hydroxylation is 2. The Morgan fingerprint density at radius 2 is 1.96 bits per heavy atom. The van der Waals surface area contributed by atoms with Gasteiger partial charge < -0.3 is 10.4 Å². The third-order valence-electron chi connectivity index (χ3n) is 3.94. The summed E-state index contributed by atoms with van der Waals surface area (Å²) in [6.07, 6.45) is 1.77. The molecule has 7 heteroatoms. The van der Waals surface area contributed by atoms with E-state index in [1.807, 2.05) is 38.1 Å². The summed E-state index contributed by atoms with van der Waals surface area (Å²) in [7, 11) is 0. The van der Waals surface area contributed by atoms with Crippen LogP contribution in [0.15, 0.2) is 47.4 Å². The molecular formula is C20H18N2O3S2. The van der Waals surface area contributed by atoms with Crippen LogP contribution < -0.4 is 5.32 Å². The number of phenols is 1. The first-order valence-electron chi connectivity index (χ1n) is 8.25. The molecule has 1 aliphatic heterocycles. The van der Waals surface area contributed by atoms with E-state index in [-0.39, 0.29) is 18.2 Å². The van der Waals surface area contributed by atoms with E-state index in [0.29, 0.717) is 14.9 Å². The number of thiocarbonyl (C=S) groups is 1. The minimum absolute atomic E-state index is 0.0290. The lowest BCUT2D eigenvalue weighted by Crippen LogP contribution is -2.36. The highest BCUT2D eigenvalue weighted by Gasteiger charge is 2.33. The number of nitrogens with one attached hydrogen (secondary N) is 1. The Bertz CT molecular complexity index is 969. The van der Waals surface area contributed by atoms with E-state index in [2.05, 4.69) is 5.32 Å². The van der Waals surface area contributed by atoms with Gasteiger partial charge in [-0.2, -0.15) is 0 Å². The van der Waals surface area contributed by atoms with Gasteiger partial charge in [-0.3, -0.25) is 14.5 Å². The molecule has 1 fully saturated rings.